The van der Waals surface area contributed by atoms with Crippen molar-refractivity contribution < 1.29 is 4.79 Å². The zero-order valence-electron chi connectivity index (χ0n) is 8.56. The van der Waals surface area contributed by atoms with E-state index in [0.717, 1.165) is 13.1 Å². The molecule has 0 bridgehead atoms. The number of carbonyl (C=O) groups is 1. The van der Waals surface area contributed by atoms with Crippen molar-refractivity contribution in [3.05, 3.63) is 30.3 Å². The number of nitrogens with zero attached hydrogens (tertiary/aromatic N) is 1. The van der Waals surface area contributed by atoms with Crippen molar-refractivity contribution in [2.75, 3.05) is 13.1 Å². The van der Waals surface area contributed by atoms with Gasteiger partial charge in [0, 0.05) is 0 Å². The van der Waals surface area contributed by atoms with Gasteiger partial charge in [-0.05, 0) is 0 Å². The third-order valence-electron chi connectivity index (χ3n) is 1.97. The maximum atomic E-state index is 11.8. The van der Waals surface area contributed by atoms with Crippen LogP contribution in [0.1, 0.15) is 13.8 Å². The molecule has 0 aliphatic carbocycles. The minimum absolute atomic E-state index is 0.339. The summed E-state index contributed by atoms with van der Waals surface area (Å²) in [5, 5.41) is 0. The minimum atomic E-state index is -0.687. The second kappa shape index (κ2) is 6.06. The van der Waals surface area contributed by atoms with Gasteiger partial charge in [0.15, 0.2) is 0 Å². The Morgan fingerprint density at radius 3 is 2.29 bits per heavy atom. The van der Waals surface area contributed by atoms with Gasteiger partial charge in [-0.1, -0.05) is 0 Å². The molecule has 0 unspecified atom stereocenters. The summed E-state index contributed by atoms with van der Waals surface area (Å²) in [7, 11) is 0. The first-order valence-corrected chi connectivity index (χ1v) is 7.12. The molecule has 0 heterocycles. The first-order valence-electron chi connectivity index (χ1n) is 4.79. The van der Waals surface area contributed by atoms with Crippen LogP contribution in [0.15, 0.2) is 30.3 Å². The SMILES string of the molecule is CCN(CC)C(=O)[Te]c1ccccc1. The van der Waals surface area contributed by atoms with Crippen molar-refractivity contribution in [3.63, 3.8) is 0 Å². The molecule has 0 aliphatic rings. The van der Waals surface area contributed by atoms with Gasteiger partial charge in [-0.2, -0.15) is 0 Å². The predicted octanol–water partition coefficient (Wildman–Crippen LogP) is 1.48. The Morgan fingerprint density at radius 1 is 1.21 bits per heavy atom. The number of hydrogen-bond donors (Lipinski definition) is 0. The Balaban J connectivity index is 2.57. The molecule has 0 atom stereocenters. The standard InChI is InChI=1S/C11H15NOTe/c1-3-12(4-2)11(13)14-10-8-6-5-7-9-10/h5-9H,3-4H2,1-2H3. The van der Waals surface area contributed by atoms with Crippen LogP contribution in [-0.2, 0) is 0 Å². The number of carbonyl (C=O) groups excluding carboxylic acids is 1. The molecule has 0 N–H and O–H groups in total. The van der Waals surface area contributed by atoms with Gasteiger partial charge in [-0.25, -0.2) is 0 Å². The van der Waals surface area contributed by atoms with Gasteiger partial charge in [0.25, 0.3) is 0 Å². The van der Waals surface area contributed by atoms with E-state index in [2.05, 4.69) is 0 Å². The molecule has 0 saturated heterocycles. The third-order valence-corrected chi connectivity index (χ3v) is 4.65. The molecular formula is C11H15NOTe. The van der Waals surface area contributed by atoms with Crippen molar-refractivity contribution in [1.29, 1.82) is 0 Å². The molecule has 14 heavy (non-hydrogen) atoms. The molecule has 1 aromatic rings. The fraction of sp³-hybridized carbons (Fsp3) is 0.364. The summed E-state index contributed by atoms with van der Waals surface area (Å²) >= 11 is -0.687. The summed E-state index contributed by atoms with van der Waals surface area (Å²) in [6.07, 6.45) is 0. The van der Waals surface area contributed by atoms with E-state index < -0.39 is 20.9 Å². The summed E-state index contributed by atoms with van der Waals surface area (Å²) in [5.74, 6) is 0. The van der Waals surface area contributed by atoms with E-state index in [1.165, 1.54) is 3.61 Å². The van der Waals surface area contributed by atoms with Crippen LogP contribution in [0.5, 0.6) is 0 Å². The monoisotopic (exact) mass is 307 g/mol. The molecule has 0 spiro atoms. The fourth-order valence-corrected chi connectivity index (χ4v) is 3.65. The molecule has 0 saturated carbocycles. The van der Waals surface area contributed by atoms with Gasteiger partial charge >= 0.3 is 95.5 Å². The second-order valence-electron chi connectivity index (χ2n) is 2.85. The Labute approximate surface area is 95.4 Å². The summed E-state index contributed by atoms with van der Waals surface area (Å²) in [6.45, 7) is 5.71. The second-order valence-corrected chi connectivity index (χ2v) is 5.78. The molecule has 1 aromatic carbocycles. The number of benzene rings is 1. The van der Waals surface area contributed by atoms with E-state index in [4.69, 9.17) is 0 Å². The Morgan fingerprint density at radius 2 is 1.79 bits per heavy atom. The molecule has 76 valence electrons. The number of amides is 1. The zero-order valence-corrected chi connectivity index (χ0v) is 10.9. The molecule has 3 heteroatoms. The molecule has 0 aromatic heterocycles. The van der Waals surface area contributed by atoms with E-state index >= 15 is 0 Å². The molecule has 2 nitrogen and oxygen atoms in total. The summed E-state index contributed by atoms with van der Waals surface area (Å²) in [6, 6.07) is 10.1. The molecule has 0 fully saturated rings. The van der Waals surface area contributed by atoms with Crippen LogP contribution in [0, 0.1) is 0 Å². The summed E-state index contributed by atoms with van der Waals surface area (Å²) < 4.78 is 1.56. The van der Waals surface area contributed by atoms with E-state index in [1.807, 2.05) is 49.1 Å². The summed E-state index contributed by atoms with van der Waals surface area (Å²) in [4.78, 5) is 13.7. The van der Waals surface area contributed by atoms with E-state index in [1.54, 1.807) is 0 Å². The van der Waals surface area contributed by atoms with Gasteiger partial charge in [-0.15, -0.1) is 0 Å². The van der Waals surface area contributed by atoms with Crippen LogP contribution >= 0.6 is 0 Å². The van der Waals surface area contributed by atoms with Crippen LogP contribution in [-0.4, -0.2) is 42.9 Å². The average molecular weight is 305 g/mol. The number of hydrogen-bond acceptors (Lipinski definition) is 1. The first kappa shape index (κ1) is 11.6. The topological polar surface area (TPSA) is 20.3 Å². The maximum absolute atomic E-state index is 11.8. The van der Waals surface area contributed by atoms with Crippen LogP contribution in [0.3, 0.4) is 0 Å². The normalized spacial score (nSPS) is 9.86. The van der Waals surface area contributed by atoms with E-state index in [0.29, 0.717) is 3.96 Å². The van der Waals surface area contributed by atoms with E-state index in [-0.39, 0.29) is 0 Å². The molecule has 1 rings (SSSR count). The Kier molecular flexibility index (Phi) is 5.00. The molecule has 1 amide bonds. The van der Waals surface area contributed by atoms with Crippen molar-refractivity contribution in [3.8, 4) is 0 Å². The van der Waals surface area contributed by atoms with Gasteiger partial charge in [-0.3, -0.25) is 0 Å². The summed E-state index contributed by atoms with van der Waals surface area (Å²) in [5.41, 5.74) is 0. The Bertz CT molecular complexity index is 283. The van der Waals surface area contributed by atoms with Gasteiger partial charge in [0.2, 0.25) is 0 Å². The average Bonchev–Trinajstić information content (AvgIpc) is 2.21. The zero-order chi connectivity index (χ0) is 10.4. The predicted molar refractivity (Wildman–Crippen MR) is 60.1 cm³/mol. The first-order chi connectivity index (χ1) is 6.77. The van der Waals surface area contributed by atoms with Crippen LogP contribution in [0.25, 0.3) is 0 Å². The Hall–Kier alpha value is -0.520. The van der Waals surface area contributed by atoms with Gasteiger partial charge in [0.1, 0.15) is 0 Å². The molecule has 0 aliphatic heterocycles. The van der Waals surface area contributed by atoms with Crippen molar-refractivity contribution in [2.45, 2.75) is 13.8 Å². The molecular weight excluding hydrogens is 290 g/mol. The van der Waals surface area contributed by atoms with Crippen LogP contribution in [0.4, 0.5) is 4.79 Å². The van der Waals surface area contributed by atoms with Crippen molar-refractivity contribution in [2.24, 2.45) is 0 Å². The van der Waals surface area contributed by atoms with Crippen LogP contribution in [0.2, 0.25) is 0 Å². The molecule has 0 radical (unpaired) electrons. The third kappa shape index (κ3) is 3.32. The van der Waals surface area contributed by atoms with Crippen LogP contribution < -0.4 is 3.61 Å². The van der Waals surface area contributed by atoms with Crippen molar-refractivity contribution in [1.82, 2.24) is 4.90 Å². The fourth-order valence-electron chi connectivity index (χ4n) is 1.14. The van der Waals surface area contributed by atoms with Crippen molar-refractivity contribution >= 4 is 28.5 Å². The van der Waals surface area contributed by atoms with Gasteiger partial charge in [0.05, 0.1) is 0 Å². The quantitative estimate of drug-likeness (QED) is 0.772. The van der Waals surface area contributed by atoms with Gasteiger partial charge < -0.3 is 0 Å². The van der Waals surface area contributed by atoms with E-state index in [9.17, 15) is 4.79 Å². The number of rotatable bonds is 4.